The molecular formula is C19H29N3O4S. The Bertz CT molecular complexity index is 722. The lowest BCUT2D eigenvalue weighted by Gasteiger charge is -2.33. The van der Waals surface area contributed by atoms with Crippen molar-refractivity contribution in [2.24, 2.45) is 0 Å². The van der Waals surface area contributed by atoms with Gasteiger partial charge in [-0.1, -0.05) is 13.3 Å². The van der Waals surface area contributed by atoms with Gasteiger partial charge in [-0.2, -0.15) is 4.31 Å². The van der Waals surface area contributed by atoms with Gasteiger partial charge in [0.25, 0.3) is 5.91 Å². The first-order valence-corrected chi connectivity index (χ1v) is 11.2. The van der Waals surface area contributed by atoms with Crippen molar-refractivity contribution in [3.05, 3.63) is 24.3 Å². The molecule has 1 aromatic rings. The van der Waals surface area contributed by atoms with E-state index in [1.807, 2.05) is 4.90 Å². The number of ether oxygens (including phenoxy) is 1. The van der Waals surface area contributed by atoms with E-state index in [4.69, 9.17) is 4.74 Å². The van der Waals surface area contributed by atoms with Crippen molar-refractivity contribution >= 4 is 15.9 Å². The fourth-order valence-corrected chi connectivity index (χ4v) is 5.03. The Kier molecular flexibility index (Phi) is 6.73. The first kappa shape index (κ1) is 20.1. The maximum atomic E-state index is 12.6. The largest absolute Gasteiger partial charge is 0.484 e. The minimum absolute atomic E-state index is 0.0235. The van der Waals surface area contributed by atoms with E-state index >= 15 is 0 Å². The second-order valence-electron chi connectivity index (χ2n) is 7.04. The molecule has 0 N–H and O–H groups in total. The van der Waals surface area contributed by atoms with Crippen LogP contribution >= 0.6 is 0 Å². The van der Waals surface area contributed by atoms with Crippen LogP contribution in [0.1, 0.15) is 26.2 Å². The van der Waals surface area contributed by atoms with Gasteiger partial charge in [-0.25, -0.2) is 8.42 Å². The quantitative estimate of drug-likeness (QED) is 0.728. The molecule has 8 heteroatoms. The van der Waals surface area contributed by atoms with Crippen molar-refractivity contribution in [1.29, 1.82) is 0 Å². The van der Waals surface area contributed by atoms with Crippen molar-refractivity contribution in [2.45, 2.75) is 31.1 Å². The highest BCUT2D eigenvalue weighted by Gasteiger charge is 2.26. The standard InChI is InChI=1S/C19H29N3O4S/c1-2-20-12-14-21(15-13-20)19(23)16-26-17-6-8-18(9-7-17)27(24,25)22-10-4-3-5-11-22/h6-9H,2-5,10-16H2,1H3. The fourth-order valence-electron chi connectivity index (χ4n) is 3.51. The molecule has 2 heterocycles. The lowest BCUT2D eigenvalue weighted by molar-refractivity contribution is -0.135. The number of sulfonamides is 1. The van der Waals surface area contributed by atoms with E-state index in [9.17, 15) is 13.2 Å². The maximum absolute atomic E-state index is 12.6. The molecule has 0 aliphatic carbocycles. The molecule has 7 nitrogen and oxygen atoms in total. The summed E-state index contributed by atoms with van der Waals surface area (Å²) >= 11 is 0. The number of hydrogen-bond donors (Lipinski definition) is 0. The van der Waals surface area contributed by atoms with E-state index in [0.29, 0.717) is 18.8 Å². The van der Waals surface area contributed by atoms with Gasteiger partial charge in [-0.15, -0.1) is 0 Å². The zero-order valence-electron chi connectivity index (χ0n) is 16.0. The summed E-state index contributed by atoms with van der Waals surface area (Å²) in [6, 6.07) is 6.37. The van der Waals surface area contributed by atoms with Crippen molar-refractivity contribution in [1.82, 2.24) is 14.1 Å². The summed E-state index contributed by atoms with van der Waals surface area (Å²) in [5, 5.41) is 0. The number of nitrogens with zero attached hydrogens (tertiary/aromatic N) is 3. The van der Waals surface area contributed by atoms with Gasteiger partial charge in [0.05, 0.1) is 4.90 Å². The number of rotatable bonds is 6. The summed E-state index contributed by atoms with van der Waals surface area (Å²) in [5.74, 6) is 0.476. The molecule has 0 unspecified atom stereocenters. The van der Waals surface area contributed by atoms with Crippen LogP contribution in [0, 0.1) is 0 Å². The zero-order valence-corrected chi connectivity index (χ0v) is 16.8. The Morgan fingerprint density at radius 3 is 2.19 bits per heavy atom. The van der Waals surface area contributed by atoms with Gasteiger partial charge in [-0.3, -0.25) is 4.79 Å². The monoisotopic (exact) mass is 395 g/mol. The van der Waals surface area contributed by atoms with Crippen molar-refractivity contribution in [3.8, 4) is 5.75 Å². The molecule has 150 valence electrons. The summed E-state index contributed by atoms with van der Waals surface area (Å²) in [6.07, 6.45) is 2.91. The predicted molar refractivity (Wildman–Crippen MR) is 103 cm³/mol. The van der Waals surface area contributed by atoms with E-state index in [0.717, 1.165) is 52.0 Å². The average Bonchev–Trinajstić information content (AvgIpc) is 2.73. The lowest BCUT2D eigenvalue weighted by Crippen LogP contribution is -2.49. The number of carbonyl (C=O) groups is 1. The maximum Gasteiger partial charge on any atom is 0.260 e. The van der Waals surface area contributed by atoms with E-state index in [-0.39, 0.29) is 17.4 Å². The Morgan fingerprint density at radius 1 is 0.963 bits per heavy atom. The Morgan fingerprint density at radius 2 is 1.59 bits per heavy atom. The van der Waals surface area contributed by atoms with Crippen LogP contribution in [-0.2, 0) is 14.8 Å². The third-order valence-corrected chi connectivity index (χ3v) is 7.22. The zero-order chi connectivity index (χ0) is 19.3. The van der Waals surface area contributed by atoms with Crippen LogP contribution in [0.4, 0.5) is 0 Å². The molecule has 2 fully saturated rings. The minimum Gasteiger partial charge on any atom is -0.484 e. The number of piperidine rings is 1. The molecule has 0 aromatic heterocycles. The molecule has 0 bridgehead atoms. The Balaban J connectivity index is 1.52. The summed E-state index contributed by atoms with van der Waals surface area (Å²) in [7, 11) is -3.44. The minimum atomic E-state index is -3.44. The predicted octanol–water partition coefficient (Wildman–Crippen LogP) is 1.40. The third-order valence-electron chi connectivity index (χ3n) is 5.31. The summed E-state index contributed by atoms with van der Waals surface area (Å²) < 4.78 is 32.4. The van der Waals surface area contributed by atoms with Gasteiger partial charge >= 0.3 is 0 Å². The van der Waals surface area contributed by atoms with E-state index in [2.05, 4.69) is 11.8 Å². The highest BCUT2D eigenvalue weighted by atomic mass is 32.2. The first-order valence-electron chi connectivity index (χ1n) is 9.74. The van der Waals surface area contributed by atoms with Gasteiger partial charge in [0.1, 0.15) is 5.75 Å². The smallest absolute Gasteiger partial charge is 0.260 e. The second kappa shape index (κ2) is 9.03. The summed E-state index contributed by atoms with van der Waals surface area (Å²) in [5.41, 5.74) is 0. The molecule has 3 rings (SSSR count). The normalized spacial score (nSPS) is 19.8. The van der Waals surface area contributed by atoms with Crippen LogP contribution in [0.2, 0.25) is 0 Å². The summed E-state index contributed by atoms with van der Waals surface area (Å²) in [6.45, 7) is 7.51. The highest BCUT2D eigenvalue weighted by molar-refractivity contribution is 7.89. The molecule has 0 radical (unpaired) electrons. The topological polar surface area (TPSA) is 70.2 Å². The van der Waals surface area contributed by atoms with E-state index in [1.54, 1.807) is 28.6 Å². The number of likely N-dealkylation sites (N-methyl/N-ethyl adjacent to an activating group) is 1. The molecule has 0 saturated carbocycles. The molecule has 1 aromatic carbocycles. The van der Waals surface area contributed by atoms with Crippen molar-refractivity contribution in [3.63, 3.8) is 0 Å². The number of hydrogen-bond acceptors (Lipinski definition) is 5. The van der Waals surface area contributed by atoms with Crippen LogP contribution in [0.15, 0.2) is 29.2 Å². The average molecular weight is 396 g/mol. The van der Waals surface area contributed by atoms with Crippen LogP contribution in [0.3, 0.4) is 0 Å². The number of carbonyl (C=O) groups excluding carboxylic acids is 1. The Labute approximate surface area is 161 Å². The van der Waals surface area contributed by atoms with Gasteiger partial charge in [-0.05, 0) is 43.7 Å². The van der Waals surface area contributed by atoms with E-state index in [1.165, 1.54) is 0 Å². The van der Waals surface area contributed by atoms with Gasteiger partial charge in [0.15, 0.2) is 6.61 Å². The SMILES string of the molecule is CCN1CCN(C(=O)COc2ccc(S(=O)(=O)N3CCCCC3)cc2)CC1. The molecule has 2 aliphatic heterocycles. The van der Waals surface area contributed by atoms with Gasteiger partial charge in [0, 0.05) is 39.3 Å². The van der Waals surface area contributed by atoms with Crippen molar-refractivity contribution in [2.75, 3.05) is 52.4 Å². The highest BCUT2D eigenvalue weighted by Crippen LogP contribution is 2.22. The fraction of sp³-hybridized carbons (Fsp3) is 0.632. The second-order valence-corrected chi connectivity index (χ2v) is 8.98. The number of amides is 1. The van der Waals surface area contributed by atoms with Gasteiger partial charge in [0.2, 0.25) is 10.0 Å². The van der Waals surface area contributed by atoms with Crippen molar-refractivity contribution < 1.29 is 17.9 Å². The molecule has 27 heavy (non-hydrogen) atoms. The number of benzene rings is 1. The van der Waals surface area contributed by atoms with E-state index < -0.39 is 10.0 Å². The molecule has 0 spiro atoms. The molecule has 2 saturated heterocycles. The first-order chi connectivity index (χ1) is 13.0. The summed E-state index contributed by atoms with van der Waals surface area (Å²) in [4.78, 5) is 16.7. The molecule has 2 aliphatic rings. The molecular weight excluding hydrogens is 366 g/mol. The van der Waals surface area contributed by atoms with Crippen LogP contribution < -0.4 is 4.74 Å². The van der Waals surface area contributed by atoms with Gasteiger partial charge < -0.3 is 14.5 Å². The van der Waals surface area contributed by atoms with Crippen LogP contribution in [0.25, 0.3) is 0 Å². The molecule has 0 atom stereocenters. The lowest BCUT2D eigenvalue weighted by atomic mass is 10.2. The van der Waals surface area contributed by atoms with Crippen LogP contribution in [0.5, 0.6) is 5.75 Å². The number of piperazine rings is 1. The third kappa shape index (κ3) is 5.00. The molecule has 1 amide bonds. The Hall–Kier alpha value is -1.64. The van der Waals surface area contributed by atoms with Crippen LogP contribution in [-0.4, -0.2) is 80.9 Å².